The molecule has 0 saturated heterocycles. The maximum absolute atomic E-state index is 6.65. The first-order valence-corrected chi connectivity index (χ1v) is 21.2. The van der Waals surface area contributed by atoms with Crippen molar-refractivity contribution in [3.8, 4) is 0 Å². The summed E-state index contributed by atoms with van der Waals surface area (Å²) in [5.41, 5.74) is 15.3. The number of rotatable bonds is 8. The molecule has 1 aliphatic carbocycles. The van der Waals surface area contributed by atoms with Crippen molar-refractivity contribution in [1.82, 2.24) is 0 Å². The average Bonchev–Trinajstić information content (AvgIpc) is 3.79. The first-order chi connectivity index (χ1) is 29.6. The standard InChI is InChI=1S/C56H40N2OS/c1-3-4-25-44-38(2)56(47-26-14-16-30-53(47)60-54-31-17-15-27-48(54)56)49-37-43(32-34-45(44)49)57(39-19-8-5-9-20-39)42-33-35-51-46(36-42)55-50(28-18-29-52(55)59-51)58(40-21-10-6-11-22-40)41-23-12-7-13-24-41/h3-37H,1H2,2H3/b25-4-. The largest absolute Gasteiger partial charge is 0.456 e. The van der Waals surface area contributed by atoms with E-state index in [-0.39, 0.29) is 0 Å². The number of benzene rings is 8. The number of fused-ring (bicyclic) bond motifs is 9. The van der Waals surface area contributed by atoms with Crippen LogP contribution in [0.25, 0.3) is 27.5 Å². The second kappa shape index (κ2) is 14.5. The van der Waals surface area contributed by atoms with Crippen LogP contribution in [0.3, 0.4) is 0 Å². The van der Waals surface area contributed by atoms with Gasteiger partial charge in [0.2, 0.25) is 0 Å². The summed E-state index contributed by atoms with van der Waals surface area (Å²) < 4.78 is 6.65. The molecule has 1 spiro atoms. The minimum Gasteiger partial charge on any atom is -0.456 e. The predicted molar refractivity (Wildman–Crippen MR) is 252 cm³/mol. The number of allylic oxidation sites excluding steroid dienone is 5. The second-order valence-corrected chi connectivity index (χ2v) is 16.4. The predicted octanol–water partition coefficient (Wildman–Crippen LogP) is 15.9. The van der Waals surface area contributed by atoms with Gasteiger partial charge >= 0.3 is 0 Å². The first-order valence-electron chi connectivity index (χ1n) is 20.4. The van der Waals surface area contributed by atoms with Crippen LogP contribution in [0, 0.1) is 0 Å². The highest BCUT2D eigenvalue weighted by Crippen LogP contribution is 2.62. The number of furan rings is 1. The van der Waals surface area contributed by atoms with Gasteiger partial charge in [0.1, 0.15) is 11.2 Å². The van der Waals surface area contributed by atoms with Gasteiger partial charge in [0, 0.05) is 43.6 Å². The number of para-hydroxylation sites is 3. The number of hydrogen-bond acceptors (Lipinski definition) is 4. The Bertz CT molecular complexity index is 3080. The molecule has 3 nitrogen and oxygen atoms in total. The van der Waals surface area contributed by atoms with Gasteiger partial charge in [-0.25, -0.2) is 0 Å². The fraction of sp³-hybridized carbons (Fsp3) is 0.0357. The zero-order valence-corrected chi connectivity index (χ0v) is 33.9. The normalized spacial score (nSPS) is 13.8. The molecule has 0 atom stereocenters. The van der Waals surface area contributed by atoms with Gasteiger partial charge < -0.3 is 14.2 Å². The molecule has 0 N–H and O–H groups in total. The maximum Gasteiger partial charge on any atom is 0.137 e. The third-order valence-electron chi connectivity index (χ3n) is 12.1. The highest BCUT2D eigenvalue weighted by molar-refractivity contribution is 7.99. The molecule has 0 bridgehead atoms. The van der Waals surface area contributed by atoms with Crippen molar-refractivity contribution < 1.29 is 4.42 Å². The Morgan fingerprint density at radius 2 is 1.08 bits per heavy atom. The zero-order valence-electron chi connectivity index (χ0n) is 33.1. The quantitative estimate of drug-likeness (QED) is 0.143. The van der Waals surface area contributed by atoms with Gasteiger partial charge in [-0.15, -0.1) is 0 Å². The second-order valence-electron chi connectivity index (χ2n) is 15.3. The fourth-order valence-electron chi connectivity index (χ4n) is 9.62. The van der Waals surface area contributed by atoms with Gasteiger partial charge in [-0.05, 0) is 131 Å². The highest BCUT2D eigenvalue weighted by Gasteiger charge is 2.49. The molecule has 2 heterocycles. The van der Waals surface area contributed by atoms with Crippen molar-refractivity contribution in [3.05, 3.63) is 247 Å². The molecule has 0 fully saturated rings. The van der Waals surface area contributed by atoms with Crippen molar-refractivity contribution in [3.63, 3.8) is 0 Å². The van der Waals surface area contributed by atoms with Gasteiger partial charge in [-0.2, -0.15) is 0 Å². The summed E-state index contributed by atoms with van der Waals surface area (Å²) in [5.74, 6) is 0. The van der Waals surface area contributed by atoms with E-state index in [1.807, 2.05) is 17.8 Å². The van der Waals surface area contributed by atoms with E-state index in [0.29, 0.717) is 0 Å². The molecule has 1 aliphatic heterocycles. The van der Waals surface area contributed by atoms with Crippen LogP contribution in [0.5, 0.6) is 0 Å². The fourth-order valence-corrected chi connectivity index (χ4v) is 10.8. The monoisotopic (exact) mass is 788 g/mol. The Morgan fingerprint density at radius 3 is 1.72 bits per heavy atom. The summed E-state index contributed by atoms with van der Waals surface area (Å²) >= 11 is 1.87. The van der Waals surface area contributed by atoms with Crippen molar-refractivity contribution >= 4 is 73.4 Å². The van der Waals surface area contributed by atoms with E-state index in [1.165, 1.54) is 43.2 Å². The van der Waals surface area contributed by atoms with E-state index in [1.54, 1.807) is 0 Å². The highest BCUT2D eigenvalue weighted by atomic mass is 32.2. The molecule has 1 aromatic heterocycles. The minimum atomic E-state index is -0.481. The topological polar surface area (TPSA) is 19.6 Å². The van der Waals surface area contributed by atoms with E-state index in [9.17, 15) is 0 Å². The van der Waals surface area contributed by atoms with E-state index < -0.39 is 5.41 Å². The third-order valence-corrected chi connectivity index (χ3v) is 13.3. The van der Waals surface area contributed by atoms with Crippen LogP contribution < -0.4 is 9.80 Å². The van der Waals surface area contributed by atoms with Crippen molar-refractivity contribution in [2.45, 2.75) is 22.1 Å². The lowest BCUT2D eigenvalue weighted by Crippen LogP contribution is -2.32. The SMILES string of the molecule is C=C/C=C\C1=C(C)C2(c3ccccc3Sc3ccccc32)c2cc(N(c3ccccc3)c3ccc4oc5cccc(N(c6ccccc6)c6ccccc6)c5c4c3)ccc21. The van der Waals surface area contributed by atoms with Gasteiger partial charge in [0.25, 0.3) is 0 Å². The van der Waals surface area contributed by atoms with E-state index in [0.717, 1.165) is 56.1 Å². The molecular formula is C56H40N2OS. The Balaban J connectivity index is 1.15. The minimum absolute atomic E-state index is 0.481. The van der Waals surface area contributed by atoms with E-state index >= 15 is 0 Å². The molecule has 8 aromatic carbocycles. The van der Waals surface area contributed by atoms with Crippen molar-refractivity contribution in [2.24, 2.45) is 0 Å². The lowest BCUT2D eigenvalue weighted by atomic mass is 9.67. The number of anilines is 6. The Labute approximate surface area is 354 Å². The Morgan fingerprint density at radius 1 is 0.517 bits per heavy atom. The molecular weight excluding hydrogens is 749 g/mol. The maximum atomic E-state index is 6.65. The van der Waals surface area contributed by atoms with Crippen LogP contribution in [0.2, 0.25) is 0 Å². The smallest absolute Gasteiger partial charge is 0.137 e. The molecule has 60 heavy (non-hydrogen) atoms. The molecule has 0 unspecified atom stereocenters. The molecule has 0 saturated carbocycles. The van der Waals surface area contributed by atoms with Crippen LogP contribution in [0.4, 0.5) is 34.1 Å². The summed E-state index contributed by atoms with van der Waals surface area (Å²) in [6.07, 6.45) is 6.17. The summed E-state index contributed by atoms with van der Waals surface area (Å²) in [4.78, 5) is 7.29. The summed E-state index contributed by atoms with van der Waals surface area (Å²) in [6.45, 7) is 6.36. The molecule has 9 aromatic rings. The van der Waals surface area contributed by atoms with Crippen molar-refractivity contribution in [1.29, 1.82) is 0 Å². The van der Waals surface area contributed by atoms with Gasteiger partial charge in [0.15, 0.2) is 0 Å². The van der Waals surface area contributed by atoms with Crippen molar-refractivity contribution in [2.75, 3.05) is 9.80 Å². The van der Waals surface area contributed by atoms with Gasteiger partial charge in [-0.3, -0.25) is 0 Å². The average molecular weight is 789 g/mol. The third kappa shape index (κ3) is 5.52. The number of nitrogens with zero attached hydrogens (tertiary/aromatic N) is 2. The molecule has 11 rings (SSSR count). The first kappa shape index (κ1) is 35.9. The molecule has 0 radical (unpaired) electrons. The number of hydrogen-bond donors (Lipinski definition) is 0. The summed E-state index contributed by atoms with van der Waals surface area (Å²) in [7, 11) is 0. The van der Waals surface area contributed by atoms with Crippen LogP contribution >= 0.6 is 11.8 Å². The molecule has 2 aliphatic rings. The zero-order chi connectivity index (χ0) is 40.2. The van der Waals surface area contributed by atoms with Gasteiger partial charge in [0.05, 0.1) is 16.5 Å². The Kier molecular flexibility index (Phi) is 8.68. The molecule has 0 amide bonds. The lowest BCUT2D eigenvalue weighted by Gasteiger charge is -2.40. The van der Waals surface area contributed by atoms with Crippen LogP contribution in [-0.2, 0) is 5.41 Å². The van der Waals surface area contributed by atoms with Crippen LogP contribution in [0.1, 0.15) is 29.2 Å². The molecule has 4 heteroatoms. The molecule has 286 valence electrons. The van der Waals surface area contributed by atoms with Crippen LogP contribution in [0.15, 0.2) is 239 Å². The van der Waals surface area contributed by atoms with Gasteiger partial charge in [-0.1, -0.05) is 140 Å². The summed E-state index contributed by atoms with van der Waals surface area (Å²) in [5, 5.41) is 2.12. The summed E-state index contributed by atoms with van der Waals surface area (Å²) in [6, 6.07) is 69.8. The van der Waals surface area contributed by atoms with Crippen LogP contribution in [-0.4, -0.2) is 0 Å². The van der Waals surface area contributed by atoms with E-state index in [2.05, 4.69) is 230 Å². The Hall–Kier alpha value is -7.27. The van der Waals surface area contributed by atoms with E-state index in [4.69, 9.17) is 4.42 Å². The lowest BCUT2D eigenvalue weighted by molar-refractivity contribution is 0.669.